The lowest BCUT2D eigenvalue weighted by Gasteiger charge is -2.07. The maximum atomic E-state index is 13.3. The standard InChI is InChI=1S/C12H10BrFO2S/c1-7-3-8-5-11(14)10(13)4-9(8)6-12(7)17(2,15)16/h3-6H,1-2H3. The number of hydrogen-bond acceptors (Lipinski definition) is 2. The number of benzene rings is 2. The minimum absolute atomic E-state index is 0.281. The molecule has 0 fully saturated rings. The van der Waals surface area contributed by atoms with E-state index in [-0.39, 0.29) is 10.7 Å². The maximum absolute atomic E-state index is 13.3. The Morgan fingerprint density at radius 2 is 1.71 bits per heavy atom. The van der Waals surface area contributed by atoms with Crippen molar-refractivity contribution in [3.05, 3.63) is 40.1 Å². The van der Waals surface area contributed by atoms with Crippen LogP contribution in [-0.2, 0) is 9.84 Å². The van der Waals surface area contributed by atoms with Gasteiger partial charge in [-0.05, 0) is 57.4 Å². The molecule has 0 spiro atoms. The number of rotatable bonds is 1. The summed E-state index contributed by atoms with van der Waals surface area (Å²) in [7, 11) is -3.26. The van der Waals surface area contributed by atoms with Gasteiger partial charge < -0.3 is 0 Å². The van der Waals surface area contributed by atoms with Gasteiger partial charge >= 0.3 is 0 Å². The minimum atomic E-state index is -3.26. The Kier molecular flexibility index (Phi) is 2.99. The van der Waals surface area contributed by atoms with Gasteiger partial charge in [0.05, 0.1) is 9.37 Å². The summed E-state index contributed by atoms with van der Waals surface area (Å²) in [6.07, 6.45) is 1.17. The lowest BCUT2D eigenvalue weighted by molar-refractivity contribution is 0.601. The smallest absolute Gasteiger partial charge is 0.175 e. The second-order valence-corrected chi connectivity index (χ2v) is 6.84. The summed E-state index contributed by atoms with van der Waals surface area (Å²) >= 11 is 3.09. The molecular formula is C12H10BrFO2S. The molecule has 0 unspecified atom stereocenters. The first-order valence-corrected chi connectivity index (χ1v) is 7.57. The van der Waals surface area contributed by atoms with Gasteiger partial charge in [-0.25, -0.2) is 12.8 Å². The Balaban J connectivity index is 2.86. The van der Waals surface area contributed by atoms with Crippen LogP contribution in [0.25, 0.3) is 10.8 Å². The largest absolute Gasteiger partial charge is 0.224 e. The number of halogens is 2. The monoisotopic (exact) mass is 316 g/mol. The van der Waals surface area contributed by atoms with Crippen molar-refractivity contribution < 1.29 is 12.8 Å². The molecule has 0 aliphatic carbocycles. The third-order valence-electron chi connectivity index (χ3n) is 2.57. The molecule has 0 aliphatic rings. The third-order valence-corrected chi connectivity index (χ3v) is 4.42. The second-order valence-electron chi connectivity index (χ2n) is 4.00. The predicted molar refractivity (Wildman–Crippen MR) is 69.5 cm³/mol. The molecule has 0 saturated heterocycles. The lowest BCUT2D eigenvalue weighted by Crippen LogP contribution is -2.00. The molecule has 0 radical (unpaired) electrons. The lowest BCUT2D eigenvalue weighted by atomic mass is 10.1. The molecule has 17 heavy (non-hydrogen) atoms. The maximum Gasteiger partial charge on any atom is 0.175 e. The van der Waals surface area contributed by atoms with Crippen molar-refractivity contribution in [2.24, 2.45) is 0 Å². The highest BCUT2D eigenvalue weighted by atomic mass is 79.9. The Morgan fingerprint density at radius 1 is 1.12 bits per heavy atom. The molecule has 2 rings (SSSR count). The summed E-state index contributed by atoms with van der Waals surface area (Å²) in [4.78, 5) is 0.281. The van der Waals surface area contributed by atoms with Crippen molar-refractivity contribution in [1.29, 1.82) is 0 Å². The van der Waals surface area contributed by atoms with Gasteiger partial charge in [-0.2, -0.15) is 0 Å². The number of hydrogen-bond donors (Lipinski definition) is 0. The SMILES string of the molecule is Cc1cc2cc(F)c(Br)cc2cc1S(C)(=O)=O. The number of aryl methyl sites for hydroxylation is 1. The zero-order chi connectivity index (χ0) is 12.8. The average Bonchev–Trinajstić information content (AvgIpc) is 2.18. The van der Waals surface area contributed by atoms with Crippen LogP contribution in [0.15, 0.2) is 33.6 Å². The van der Waals surface area contributed by atoms with Gasteiger partial charge in [-0.3, -0.25) is 0 Å². The van der Waals surface area contributed by atoms with E-state index in [1.807, 2.05) is 0 Å². The van der Waals surface area contributed by atoms with E-state index in [1.165, 1.54) is 12.3 Å². The van der Waals surface area contributed by atoms with Crippen molar-refractivity contribution >= 4 is 36.5 Å². The van der Waals surface area contributed by atoms with E-state index >= 15 is 0 Å². The highest BCUT2D eigenvalue weighted by Crippen LogP contribution is 2.27. The predicted octanol–water partition coefficient (Wildman–Crippen LogP) is 3.45. The highest BCUT2D eigenvalue weighted by molar-refractivity contribution is 9.10. The van der Waals surface area contributed by atoms with Crippen molar-refractivity contribution in [3.8, 4) is 0 Å². The summed E-state index contributed by atoms with van der Waals surface area (Å²) in [5.41, 5.74) is 0.627. The van der Waals surface area contributed by atoms with E-state index < -0.39 is 9.84 Å². The zero-order valence-electron chi connectivity index (χ0n) is 9.29. The average molecular weight is 317 g/mol. The zero-order valence-corrected chi connectivity index (χ0v) is 11.7. The first-order valence-electron chi connectivity index (χ1n) is 4.88. The first kappa shape index (κ1) is 12.5. The van der Waals surface area contributed by atoms with Crippen LogP contribution in [0, 0.1) is 12.7 Å². The summed E-state index contributed by atoms with van der Waals surface area (Å²) < 4.78 is 36.8. The van der Waals surface area contributed by atoms with Crippen LogP contribution in [-0.4, -0.2) is 14.7 Å². The van der Waals surface area contributed by atoms with Gasteiger partial charge in [-0.1, -0.05) is 6.07 Å². The quantitative estimate of drug-likeness (QED) is 0.807. The molecule has 0 N–H and O–H groups in total. The fourth-order valence-electron chi connectivity index (χ4n) is 1.79. The van der Waals surface area contributed by atoms with Gasteiger partial charge in [0, 0.05) is 6.26 Å². The van der Waals surface area contributed by atoms with Gasteiger partial charge in [0.2, 0.25) is 0 Å². The molecule has 0 heterocycles. The van der Waals surface area contributed by atoms with Crippen LogP contribution in [0.5, 0.6) is 0 Å². The van der Waals surface area contributed by atoms with Gasteiger partial charge in [0.15, 0.2) is 9.84 Å². The van der Waals surface area contributed by atoms with Crippen molar-refractivity contribution in [3.63, 3.8) is 0 Å². The van der Waals surface area contributed by atoms with Crippen LogP contribution in [0.4, 0.5) is 4.39 Å². The van der Waals surface area contributed by atoms with Crippen LogP contribution in [0.1, 0.15) is 5.56 Å². The Morgan fingerprint density at radius 3 is 2.29 bits per heavy atom. The van der Waals surface area contributed by atoms with E-state index in [1.54, 1.807) is 25.1 Å². The first-order chi connectivity index (χ1) is 7.79. The number of sulfone groups is 1. The fourth-order valence-corrected chi connectivity index (χ4v) is 3.13. The molecule has 2 nitrogen and oxygen atoms in total. The molecule has 0 aromatic heterocycles. The molecule has 0 aliphatic heterocycles. The van der Waals surface area contributed by atoms with Crippen LogP contribution >= 0.6 is 15.9 Å². The summed E-state index contributed by atoms with van der Waals surface area (Å²) in [6.45, 7) is 1.70. The molecule has 90 valence electrons. The van der Waals surface area contributed by atoms with Crippen molar-refractivity contribution in [2.45, 2.75) is 11.8 Å². The van der Waals surface area contributed by atoms with Gasteiger partial charge in [0.25, 0.3) is 0 Å². The third kappa shape index (κ3) is 2.35. The van der Waals surface area contributed by atoms with Crippen LogP contribution in [0.3, 0.4) is 0 Å². The Bertz CT molecular complexity index is 708. The van der Waals surface area contributed by atoms with Crippen molar-refractivity contribution in [1.82, 2.24) is 0 Å². The van der Waals surface area contributed by atoms with Crippen molar-refractivity contribution in [2.75, 3.05) is 6.26 Å². The normalized spacial score (nSPS) is 12.0. The molecule has 0 atom stereocenters. The Hall–Kier alpha value is -0.940. The molecule has 0 bridgehead atoms. The van der Waals surface area contributed by atoms with E-state index in [2.05, 4.69) is 15.9 Å². The number of fused-ring (bicyclic) bond motifs is 1. The van der Waals surface area contributed by atoms with E-state index in [9.17, 15) is 12.8 Å². The summed E-state index contributed by atoms with van der Waals surface area (Å²) in [5, 5.41) is 1.39. The van der Waals surface area contributed by atoms with Gasteiger partial charge in [0.1, 0.15) is 5.82 Å². The van der Waals surface area contributed by atoms with E-state index in [0.29, 0.717) is 20.8 Å². The summed E-state index contributed by atoms with van der Waals surface area (Å²) in [6, 6.07) is 6.22. The fraction of sp³-hybridized carbons (Fsp3) is 0.167. The molecule has 2 aromatic carbocycles. The van der Waals surface area contributed by atoms with Crippen LogP contribution in [0.2, 0.25) is 0 Å². The van der Waals surface area contributed by atoms with E-state index in [0.717, 1.165) is 0 Å². The molecular weight excluding hydrogens is 307 g/mol. The minimum Gasteiger partial charge on any atom is -0.224 e. The molecule has 2 aromatic rings. The summed E-state index contributed by atoms with van der Waals surface area (Å²) in [5.74, 6) is -0.357. The molecule has 5 heteroatoms. The van der Waals surface area contributed by atoms with E-state index in [4.69, 9.17) is 0 Å². The second kappa shape index (κ2) is 4.07. The van der Waals surface area contributed by atoms with Gasteiger partial charge in [-0.15, -0.1) is 0 Å². The van der Waals surface area contributed by atoms with Crippen LogP contribution < -0.4 is 0 Å². The molecule has 0 amide bonds. The molecule has 0 saturated carbocycles. The highest BCUT2D eigenvalue weighted by Gasteiger charge is 2.13. The Labute approximate surface area is 108 Å². The topological polar surface area (TPSA) is 34.1 Å².